The SMILES string of the molecule is OCC(c1ccccc1)N1CCC(Cl)C1. The summed E-state index contributed by atoms with van der Waals surface area (Å²) < 4.78 is 0. The molecule has 0 bridgehead atoms. The molecule has 15 heavy (non-hydrogen) atoms. The Balaban J connectivity index is 2.11. The first kappa shape index (κ1) is 10.9. The summed E-state index contributed by atoms with van der Waals surface area (Å²) in [6, 6.07) is 10.2. The molecular weight excluding hydrogens is 210 g/mol. The fourth-order valence-corrected chi connectivity index (χ4v) is 2.41. The van der Waals surface area contributed by atoms with Gasteiger partial charge in [-0.3, -0.25) is 4.90 Å². The fourth-order valence-electron chi connectivity index (χ4n) is 2.13. The quantitative estimate of drug-likeness (QED) is 0.796. The van der Waals surface area contributed by atoms with Crippen molar-refractivity contribution in [2.75, 3.05) is 19.7 Å². The maximum absolute atomic E-state index is 9.44. The minimum Gasteiger partial charge on any atom is -0.394 e. The highest BCUT2D eigenvalue weighted by molar-refractivity contribution is 6.20. The molecule has 82 valence electrons. The van der Waals surface area contributed by atoms with Crippen LogP contribution in [0.4, 0.5) is 0 Å². The van der Waals surface area contributed by atoms with E-state index in [4.69, 9.17) is 11.6 Å². The fraction of sp³-hybridized carbons (Fsp3) is 0.500. The van der Waals surface area contributed by atoms with Crippen molar-refractivity contribution in [1.29, 1.82) is 0 Å². The van der Waals surface area contributed by atoms with Crippen molar-refractivity contribution < 1.29 is 5.11 Å². The summed E-state index contributed by atoms with van der Waals surface area (Å²) in [5.41, 5.74) is 1.17. The molecule has 1 aliphatic rings. The van der Waals surface area contributed by atoms with Crippen LogP contribution in [0.25, 0.3) is 0 Å². The van der Waals surface area contributed by atoms with Crippen LogP contribution in [0.2, 0.25) is 0 Å². The van der Waals surface area contributed by atoms with Crippen molar-refractivity contribution in [3.63, 3.8) is 0 Å². The molecule has 1 aliphatic heterocycles. The third kappa shape index (κ3) is 2.51. The van der Waals surface area contributed by atoms with Crippen LogP contribution < -0.4 is 0 Å². The second-order valence-electron chi connectivity index (χ2n) is 3.99. The van der Waals surface area contributed by atoms with Crippen molar-refractivity contribution in [1.82, 2.24) is 4.90 Å². The summed E-state index contributed by atoms with van der Waals surface area (Å²) >= 11 is 6.07. The Morgan fingerprint density at radius 1 is 1.40 bits per heavy atom. The lowest BCUT2D eigenvalue weighted by molar-refractivity contribution is 0.147. The molecule has 3 heteroatoms. The monoisotopic (exact) mass is 225 g/mol. The maximum atomic E-state index is 9.44. The number of likely N-dealkylation sites (tertiary alicyclic amines) is 1. The normalized spacial score (nSPS) is 24.3. The summed E-state index contributed by atoms with van der Waals surface area (Å²) in [5, 5.41) is 9.68. The number of hydrogen-bond acceptors (Lipinski definition) is 2. The van der Waals surface area contributed by atoms with E-state index < -0.39 is 0 Å². The van der Waals surface area contributed by atoms with E-state index in [0.29, 0.717) is 0 Å². The zero-order chi connectivity index (χ0) is 10.7. The second kappa shape index (κ2) is 4.97. The van der Waals surface area contributed by atoms with Crippen molar-refractivity contribution in [3.05, 3.63) is 35.9 Å². The zero-order valence-corrected chi connectivity index (χ0v) is 9.40. The maximum Gasteiger partial charge on any atom is 0.0628 e. The van der Waals surface area contributed by atoms with E-state index in [1.807, 2.05) is 18.2 Å². The summed E-state index contributed by atoms with van der Waals surface area (Å²) in [4.78, 5) is 2.26. The first-order chi connectivity index (χ1) is 7.31. The average Bonchev–Trinajstić information content (AvgIpc) is 2.68. The van der Waals surface area contributed by atoms with Crippen LogP contribution in [0.5, 0.6) is 0 Å². The van der Waals surface area contributed by atoms with E-state index in [9.17, 15) is 5.11 Å². The predicted octanol–water partition coefficient (Wildman–Crippen LogP) is 2.03. The van der Waals surface area contributed by atoms with E-state index in [-0.39, 0.29) is 18.0 Å². The van der Waals surface area contributed by atoms with Gasteiger partial charge in [0.15, 0.2) is 0 Å². The number of hydrogen-bond donors (Lipinski definition) is 1. The molecule has 1 aromatic carbocycles. The standard InChI is InChI=1S/C12H16ClNO/c13-11-6-7-14(8-11)12(9-15)10-4-2-1-3-5-10/h1-5,11-12,15H,6-9H2. The van der Waals surface area contributed by atoms with Gasteiger partial charge in [0, 0.05) is 18.5 Å². The third-order valence-corrected chi connectivity index (χ3v) is 3.32. The van der Waals surface area contributed by atoms with E-state index in [2.05, 4.69) is 17.0 Å². The van der Waals surface area contributed by atoms with Crippen molar-refractivity contribution in [2.24, 2.45) is 0 Å². The Morgan fingerprint density at radius 3 is 2.67 bits per heavy atom. The van der Waals surface area contributed by atoms with Crippen LogP contribution >= 0.6 is 11.6 Å². The molecular formula is C12H16ClNO. The smallest absolute Gasteiger partial charge is 0.0628 e. The average molecular weight is 226 g/mol. The number of rotatable bonds is 3. The number of aliphatic hydroxyl groups is 1. The van der Waals surface area contributed by atoms with E-state index in [1.54, 1.807) is 0 Å². The van der Waals surface area contributed by atoms with Crippen LogP contribution in [0.3, 0.4) is 0 Å². The lowest BCUT2D eigenvalue weighted by atomic mass is 10.1. The summed E-state index contributed by atoms with van der Waals surface area (Å²) in [5.74, 6) is 0. The number of aliphatic hydroxyl groups excluding tert-OH is 1. The molecule has 0 spiro atoms. The van der Waals surface area contributed by atoms with Crippen LogP contribution in [0.15, 0.2) is 30.3 Å². The van der Waals surface area contributed by atoms with Gasteiger partial charge in [0.2, 0.25) is 0 Å². The van der Waals surface area contributed by atoms with Gasteiger partial charge in [-0.15, -0.1) is 11.6 Å². The summed E-state index contributed by atoms with van der Waals surface area (Å²) in [6.45, 7) is 2.02. The van der Waals surface area contributed by atoms with Gasteiger partial charge in [-0.1, -0.05) is 30.3 Å². The molecule has 2 rings (SSSR count). The van der Waals surface area contributed by atoms with Gasteiger partial charge in [-0.2, -0.15) is 0 Å². The van der Waals surface area contributed by atoms with E-state index >= 15 is 0 Å². The molecule has 0 aromatic heterocycles. The molecule has 2 unspecified atom stereocenters. The molecule has 0 aliphatic carbocycles. The molecule has 1 N–H and O–H groups in total. The third-order valence-electron chi connectivity index (χ3n) is 2.96. The molecule has 1 saturated heterocycles. The summed E-state index contributed by atoms with van der Waals surface area (Å²) in [6.07, 6.45) is 1.02. The lowest BCUT2D eigenvalue weighted by Gasteiger charge is -2.26. The van der Waals surface area contributed by atoms with Gasteiger partial charge in [0.1, 0.15) is 0 Å². The first-order valence-corrected chi connectivity index (χ1v) is 5.79. The topological polar surface area (TPSA) is 23.5 Å². The highest BCUT2D eigenvalue weighted by Gasteiger charge is 2.27. The van der Waals surface area contributed by atoms with Crippen molar-refractivity contribution in [3.8, 4) is 0 Å². The number of halogens is 1. The van der Waals surface area contributed by atoms with E-state index in [1.165, 1.54) is 5.56 Å². The molecule has 2 nitrogen and oxygen atoms in total. The Kier molecular flexibility index (Phi) is 3.62. The Bertz CT molecular complexity index is 304. The number of alkyl halides is 1. The van der Waals surface area contributed by atoms with Crippen molar-refractivity contribution >= 4 is 11.6 Å². The lowest BCUT2D eigenvalue weighted by Crippen LogP contribution is -2.29. The number of benzene rings is 1. The zero-order valence-electron chi connectivity index (χ0n) is 8.64. The largest absolute Gasteiger partial charge is 0.394 e. The Hall–Kier alpha value is -0.570. The van der Waals surface area contributed by atoms with E-state index in [0.717, 1.165) is 19.5 Å². The minimum atomic E-state index is 0.106. The highest BCUT2D eigenvalue weighted by atomic mass is 35.5. The van der Waals surface area contributed by atoms with Crippen LogP contribution in [-0.2, 0) is 0 Å². The summed E-state index contributed by atoms with van der Waals surface area (Å²) in [7, 11) is 0. The Morgan fingerprint density at radius 2 is 2.13 bits per heavy atom. The minimum absolute atomic E-state index is 0.106. The van der Waals surface area contributed by atoms with Crippen LogP contribution in [-0.4, -0.2) is 35.1 Å². The Labute approximate surface area is 95.5 Å². The van der Waals surface area contributed by atoms with Gasteiger partial charge >= 0.3 is 0 Å². The van der Waals surface area contributed by atoms with Crippen molar-refractivity contribution in [2.45, 2.75) is 17.8 Å². The van der Waals surface area contributed by atoms with Gasteiger partial charge in [-0.25, -0.2) is 0 Å². The molecule has 0 saturated carbocycles. The van der Waals surface area contributed by atoms with Crippen LogP contribution in [0.1, 0.15) is 18.0 Å². The number of nitrogens with zero attached hydrogens (tertiary/aromatic N) is 1. The molecule has 1 heterocycles. The molecule has 0 radical (unpaired) electrons. The van der Waals surface area contributed by atoms with Gasteiger partial charge in [-0.05, 0) is 12.0 Å². The molecule has 0 amide bonds. The first-order valence-electron chi connectivity index (χ1n) is 5.35. The van der Waals surface area contributed by atoms with Gasteiger partial charge in [0.05, 0.1) is 12.6 Å². The highest BCUT2D eigenvalue weighted by Crippen LogP contribution is 2.26. The van der Waals surface area contributed by atoms with Crippen LogP contribution in [0, 0.1) is 0 Å². The molecule has 2 atom stereocenters. The van der Waals surface area contributed by atoms with Gasteiger partial charge < -0.3 is 5.11 Å². The predicted molar refractivity (Wildman–Crippen MR) is 62.1 cm³/mol. The second-order valence-corrected chi connectivity index (χ2v) is 4.61. The van der Waals surface area contributed by atoms with Gasteiger partial charge in [0.25, 0.3) is 0 Å². The molecule has 1 fully saturated rings. The molecule has 1 aromatic rings.